The van der Waals surface area contributed by atoms with E-state index in [4.69, 9.17) is 5.26 Å². The third-order valence-corrected chi connectivity index (χ3v) is 2.62. The van der Waals surface area contributed by atoms with Crippen LogP contribution in [-0.2, 0) is 0 Å². The minimum atomic E-state index is 0.706. The molecule has 0 spiro atoms. The summed E-state index contributed by atoms with van der Waals surface area (Å²) in [5.74, 6) is 0. The van der Waals surface area contributed by atoms with Crippen LogP contribution >= 0.6 is 0 Å². The molecule has 0 aliphatic rings. The Morgan fingerprint density at radius 3 is 2.44 bits per heavy atom. The molecular formula is C13H19N3. The summed E-state index contributed by atoms with van der Waals surface area (Å²) in [5, 5.41) is 12.2. The van der Waals surface area contributed by atoms with Crippen LogP contribution in [0.4, 0.5) is 11.4 Å². The van der Waals surface area contributed by atoms with Gasteiger partial charge in [0, 0.05) is 25.3 Å². The number of nitrogens with zero attached hydrogens (tertiary/aromatic N) is 2. The lowest BCUT2D eigenvalue weighted by atomic mass is 10.1. The Balaban J connectivity index is 3.06. The molecule has 0 radical (unpaired) electrons. The molecule has 0 amide bonds. The Labute approximate surface area is 97.7 Å². The highest BCUT2D eigenvalue weighted by Crippen LogP contribution is 2.23. The van der Waals surface area contributed by atoms with Gasteiger partial charge in [0.05, 0.1) is 11.3 Å². The van der Waals surface area contributed by atoms with Gasteiger partial charge in [-0.25, -0.2) is 0 Å². The van der Waals surface area contributed by atoms with E-state index >= 15 is 0 Å². The Morgan fingerprint density at radius 2 is 1.94 bits per heavy atom. The highest BCUT2D eigenvalue weighted by molar-refractivity contribution is 5.65. The molecule has 1 aromatic rings. The topological polar surface area (TPSA) is 39.1 Å². The second-order valence-corrected chi connectivity index (χ2v) is 3.54. The summed E-state index contributed by atoms with van der Waals surface area (Å²) in [6.45, 7) is 9.09. The highest BCUT2D eigenvalue weighted by atomic mass is 15.1. The molecule has 16 heavy (non-hydrogen) atoms. The molecule has 3 heteroatoms. The van der Waals surface area contributed by atoms with Gasteiger partial charge in [0.1, 0.15) is 6.07 Å². The number of benzene rings is 1. The number of hydrogen-bond acceptors (Lipinski definition) is 3. The van der Waals surface area contributed by atoms with Gasteiger partial charge in [-0.3, -0.25) is 0 Å². The lowest BCUT2D eigenvalue weighted by molar-refractivity contribution is 0.866. The first kappa shape index (κ1) is 12.4. The zero-order valence-corrected chi connectivity index (χ0v) is 10.2. The van der Waals surface area contributed by atoms with E-state index in [9.17, 15) is 0 Å². The minimum Gasteiger partial charge on any atom is -0.384 e. The highest BCUT2D eigenvalue weighted by Gasteiger charge is 2.06. The van der Waals surface area contributed by atoms with Gasteiger partial charge in [0.25, 0.3) is 0 Å². The van der Waals surface area contributed by atoms with Gasteiger partial charge in [-0.05, 0) is 39.0 Å². The molecule has 0 aliphatic heterocycles. The molecule has 1 aromatic carbocycles. The minimum absolute atomic E-state index is 0.706. The molecule has 1 rings (SSSR count). The fourth-order valence-electron chi connectivity index (χ4n) is 1.75. The van der Waals surface area contributed by atoms with Gasteiger partial charge in [-0.1, -0.05) is 0 Å². The first-order valence-electron chi connectivity index (χ1n) is 5.79. The van der Waals surface area contributed by atoms with E-state index in [-0.39, 0.29) is 0 Å². The quantitative estimate of drug-likeness (QED) is 0.824. The van der Waals surface area contributed by atoms with Crippen LogP contribution < -0.4 is 10.2 Å². The number of nitriles is 1. The maximum atomic E-state index is 8.99. The first-order chi connectivity index (χ1) is 7.76. The maximum absolute atomic E-state index is 8.99. The molecule has 0 aliphatic carbocycles. The van der Waals surface area contributed by atoms with Gasteiger partial charge >= 0.3 is 0 Å². The molecule has 3 nitrogen and oxygen atoms in total. The molecule has 0 bridgehead atoms. The third kappa shape index (κ3) is 2.66. The van der Waals surface area contributed by atoms with Gasteiger partial charge in [-0.2, -0.15) is 5.26 Å². The molecule has 0 heterocycles. The number of rotatable bonds is 5. The smallest absolute Gasteiger partial charge is 0.101 e. The Morgan fingerprint density at radius 1 is 1.25 bits per heavy atom. The standard InChI is InChI=1S/C13H19N3/c1-4-15-13-9-12(16(5-2)6-3)8-7-11(13)10-14/h7-9,15H,4-6H2,1-3H3. The summed E-state index contributed by atoms with van der Waals surface area (Å²) in [4.78, 5) is 2.27. The molecule has 0 aromatic heterocycles. The Kier molecular flexibility index (Phi) is 4.65. The monoisotopic (exact) mass is 217 g/mol. The summed E-state index contributed by atoms with van der Waals surface area (Å²) >= 11 is 0. The van der Waals surface area contributed by atoms with Crippen molar-refractivity contribution in [3.8, 4) is 6.07 Å². The zero-order chi connectivity index (χ0) is 12.0. The molecule has 0 fully saturated rings. The van der Waals surface area contributed by atoms with Crippen LogP contribution in [0.2, 0.25) is 0 Å². The second kappa shape index (κ2) is 6.02. The Hall–Kier alpha value is -1.69. The summed E-state index contributed by atoms with van der Waals surface area (Å²) in [6, 6.07) is 8.14. The van der Waals surface area contributed by atoms with Crippen molar-refractivity contribution in [2.45, 2.75) is 20.8 Å². The van der Waals surface area contributed by atoms with E-state index in [0.717, 1.165) is 25.3 Å². The molecule has 0 saturated carbocycles. The van der Waals surface area contributed by atoms with E-state index in [0.29, 0.717) is 5.56 Å². The molecule has 1 N–H and O–H groups in total. The summed E-state index contributed by atoms with van der Waals surface area (Å²) in [7, 11) is 0. The van der Waals surface area contributed by atoms with Crippen LogP contribution in [0, 0.1) is 11.3 Å². The van der Waals surface area contributed by atoms with Crippen molar-refractivity contribution in [3.63, 3.8) is 0 Å². The van der Waals surface area contributed by atoms with Crippen LogP contribution in [0.3, 0.4) is 0 Å². The van der Waals surface area contributed by atoms with Crippen molar-refractivity contribution in [2.75, 3.05) is 29.9 Å². The maximum Gasteiger partial charge on any atom is 0.101 e. The second-order valence-electron chi connectivity index (χ2n) is 3.54. The SMILES string of the molecule is CCNc1cc(N(CC)CC)ccc1C#N. The summed E-state index contributed by atoms with van der Waals surface area (Å²) in [6.07, 6.45) is 0. The fourth-order valence-corrected chi connectivity index (χ4v) is 1.75. The summed E-state index contributed by atoms with van der Waals surface area (Å²) < 4.78 is 0. The van der Waals surface area contributed by atoms with Gasteiger partial charge in [0.15, 0.2) is 0 Å². The summed E-state index contributed by atoms with van der Waals surface area (Å²) in [5.41, 5.74) is 2.80. The van der Waals surface area contributed by atoms with Crippen molar-refractivity contribution >= 4 is 11.4 Å². The largest absolute Gasteiger partial charge is 0.384 e. The van der Waals surface area contributed by atoms with E-state index in [1.165, 1.54) is 5.69 Å². The predicted molar refractivity (Wildman–Crippen MR) is 68.9 cm³/mol. The molecule has 0 atom stereocenters. The van der Waals surface area contributed by atoms with Crippen LogP contribution in [0.15, 0.2) is 18.2 Å². The van der Waals surface area contributed by atoms with Crippen molar-refractivity contribution in [2.24, 2.45) is 0 Å². The van der Waals surface area contributed by atoms with Gasteiger partial charge < -0.3 is 10.2 Å². The normalized spacial score (nSPS) is 9.62. The van der Waals surface area contributed by atoms with E-state index in [2.05, 4.69) is 36.2 Å². The molecular weight excluding hydrogens is 198 g/mol. The third-order valence-electron chi connectivity index (χ3n) is 2.62. The van der Waals surface area contributed by atoms with E-state index in [1.807, 2.05) is 19.1 Å². The van der Waals surface area contributed by atoms with Crippen LogP contribution in [0.5, 0.6) is 0 Å². The van der Waals surface area contributed by atoms with Crippen molar-refractivity contribution in [3.05, 3.63) is 23.8 Å². The number of nitrogens with one attached hydrogen (secondary N) is 1. The fraction of sp³-hybridized carbons (Fsp3) is 0.462. The van der Waals surface area contributed by atoms with E-state index < -0.39 is 0 Å². The lowest BCUT2D eigenvalue weighted by Crippen LogP contribution is -2.21. The predicted octanol–water partition coefficient (Wildman–Crippen LogP) is 2.84. The molecule has 86 valence electrons. The Bertz CT molecular complexity index is 375. The average Bonchev–Trinajstić information content (AvgIpc) is 2.31. The van der Waals surface area contributed by atoms with Gasteiger partial charge in [-0.15, -0.1) is 0 Å². The zero-order valence-electron chi connectivity index (χ0n) is 10.2. The van der Waals surface area contributed by atoms with Crippen molar-refractivity contribution in [1.82, 2.24) is 0 Å². The molecule has 0 unspecified atom stereocenters. The number of anilines is 2. The van der Waals surface area contributed by atoms with Crippen LogP contribution in [0.25, 0.3) is 0 Å². The first-order valence-corrected chi connectivity index (χ1v) is 5.79. The van der Waals surface area contributed by atoms with Crippen molar-refractivity contribution < 1.29 is 0 Å². The van der Waals surface area contributed by atoms with Crippen molar-refractivity contribution in [1.29, 1.82) is 5.26 Å². The van der Waals surface area contributed by atoms with Crippen LogP contribution in [0.1, 0.15) is 26.3 Å². The molecule has 0 saturated heterocycles. The lowest BCUT2D eigenvalue weighted by Gasteiger charge is -2.22. The van der Waals surface area contributed by atoms with Gasteiger partial charge in [0.2, 0.25) is 0 Å². The average molecular weight is 217 g/mol. The number of hydrogen-bond donors (Lipinski definition) is 1. The van der Waals surface area contributed by atoms with E-state index in [1.54, 1.807) is 0 Å². The van der Waals surface area contributed by atoms with Crippen LogP contribution in [-0.4, -0.2) is 19.6 Å².